The molecule has 4 heteroatoms. The maximum absolute atomic E-state index is 11.3. The van der Waals surface area contributed by atoms with Crippen LogP contribution < -0.4 is 5.73 Å². The molecule has 0 aromatic rings. The molecule has 0 spiro atoms. The minimum atomic E-state index is -0.178. The van der Waals surface area contributed by atoms with E-state index < -0.39 is 0 Å². The molecule has 15 heavy (non-hydrogen) atoms. The molecule has 88 valence electrons. The van der Waals surface area contributed by atoms with Crippen molar-refractivity contribution in [3.05, 3.63) is 0 Å². The molecular weight excluding hydrogens is 194 g/mol. The van der Waals surface area contributed by atoms with Gasteiger partial charge in [0, 0.05) is 19.3 Å². The average molecular weight is 215 g/mol. The maximum atomic E-state index is 11.3. The molecular formula is C11H21NO3. The molecule has 0 bridgehead atoms. The number of ether oxygens (including phenoxy) is 2. The summed E-state index contributed by atoms with van der Waals surface area (Å²) in [5, 5.41) is 0. The summed E-state index contributed by atoms with van der Waals surface area (Å²) in [6, 6.07) is 0.01000. The number of hydrogen-bond acceptors (Lipinski definition) is 4. The summed E-state index contributed by atoms with van der Waals surface area (Å²) >= 11 is 0. The third-order valence-corrected chi connectivity index (χ3v) is 3.11. The van der Waals surface area contributed by atoms with Crippen molar-refractivity contribution in [3.8, 4) is 0 Å². The van der Waals surface area contributed by atoms with Gasteiger partial charge in [-0.1, -0.05) is 0 Å². The van der Waals surface area contributed by atoms with Crippen LogP contribution in [0.5, 0.6) is 0 Å². The van der Waals surface area contributed by atoms with Crippen molar-refractivity contribution in [2.24, 2.45) is 17.6 Å². The summed E-state index contributed by atoms with van der Waals surface area (Å²) in [4.78, 5) is 11.3. The highest BCUT2D eigenvalue weighted by Gasteiger charge is 2.29. The fourth-order valence-electron chi connectivity index (χ4n) is 2.16. The average Bonchev–Trinajstić information content (AvgIpc) is 2.26. The summed E-state index contributed by atoms with van der Waals surface area (Å²) in [5.74, 6) is 0.401. The van der Waals surface area contributed by atoms with E-state index in [-0.39, 0.29) is 17.9 Å². The van der Waals surface area contributed by atoms with E-state index >= 15 is 0 Å². The Balaban J connectivity index is 2.51. The van der Waals surface area contributed by atoms with Crippen molar-refractivity contribution in [1.29, 1.82) is 0 Å². The second-order valence-electron chi connectivity index (χ2n) is 4.28. The molecule has 0 radical (unpaired) electrons. The van der Waals surface area contributed by atoms with Crippen LogP contribution in [0.3, 0.4) is 0 Å². The molecule has 0 aromatic heterocycles. The largest absolute Gasteiger partial charge is 0.469 e. The van der Waals surface area contributed by atoms with Crippen LogP contribution in [0.15, 0.2) is 0 Å². The van der Waals surface area contributed by atoms with Gasteiger partial charge in [-0.2, -0.15) is 0 Å². The molecule has 1 heterocycles. The number of methoxy groups -OCH3 is 1. The smallest absolute Gasteiger partial charge is 0.305 e. The number of carbonyl (C=O) groups excluding carboxylic acids is 1. The summed E-state index contributed by atoms with van der Waals surface area (Å²) in [7, 11) is 1.41. The first-order valence-electron chi connectivity index (χ1n) is 5.55. The number of rotatable bonds is 4. The van der Waals surface area contributed by atoms with Crippen LogP contribution in [0.1, 0.15) is 26.2 Å². The molecule has 1 aliphatic rings. The van der Waals surface area contributed by atoms with Crippen molar-refractivity contribution in [1.82, 2.24) is 0 Å². The molecule has 3 unspecified atom stereocenters. The van der Waals surface area contributed by atoms with Gasteiger partial charge in [-0.15, -0.1) is 0 Å². The molecule has 0 saturated carbocycles. The van der Waals surface area contributed by atoms with E-state index in [1.54, 1.807) is 0 Å². The van der Waals surface area contributed by atoms with Gasteiger partial charge in [-0.25, -0.2) is 0 Å². The predicted octanol–water partition coefficient (Wildman–Crippen LogP) is 0.939. The minimum absolute atomic E-state index is 0.01000. The van der Waals surface area contributed by atoms with Gasteiger partial charge in [0.05, 0.1) is 13.5 Å². The molecule has 0 aliphatic carbocycles. The molecule has 1 aliphatic heterocycles. The first-order valence-corrected chi connectivity index (χ1v) is 5.55. The Morgan fingerprint density at radius 3 is 2.87 bits per heavy atom. The van der Waals surface area contributed by atoms with E-state index in [1.165, 1.54) is 7.11 Å². The van der Waals surface area contributed by atoms with E-state index in [2.05, 4.69) is 4.74 Å². The third kappa shape index (κ3) is 3.80. The third-order valence-electron chi connectivity index (χ3n) is 3.11. The van der Waals surface area contributed by atoms with Gasteiger partial charge in [-0.05, 0) is 31.6 Å². The number of hydrogen-bond donors (Lipinski definition) is 1. The van der Waals surface area contributed by atoms with E-state index in [0.717, 1.165) is 26.1 Å². The number of nitrogens with two attached hydrogens (primary N) is 1. The lowest BCUT2D eigenvalue weighted by molar-refractivity contribution is -0.142. The van der Waals surface area contributed by atoms with Crippen LogP contribution in [0.4, 0.5) is 0 Å². The molecule has 2 N–H and O–H groups in total. The van der Waals surface area contributed by atoms with Crippen LogP contribution >= 0.6 is 0 Å². The van der Waals surface area contributed by atoms with Gasteiger partial charge < -0.3 is 15.2 Å². The van der Waals surface area contributed by atoms with Gasteiger partial charge in [0.15, 0.2) is 0 Å². The summed E-state index contributed by atoms with van der Waals surface area (Å²) < 4.78 is 10.1. The molecule has 1 fully saturated rings. The molecule has 3 atom stereocenters. The Morgan fingerprint density at radius 1 is 1.67 bits per heavy atom. The SMILES string of the molecule is COC(=O)CC(C(C)N)C1CCCOC1. The highest BCUT2D eigenvalue weighted by atomic mass is 16.5. The number of carbonyl (C=O) groups is 1. The first-order chi connectivity index (χ1) is 7.15. The van der Waals surface area contributed by atoms with Crippen molar-refractivity contribution in [2.75, 3.05) is 20.3 Å². The van der Waals surface area contributed by atoms with E-state index in [9.17, 15) is 4.79 Å². The Kier molecular flexibility index (Phi) is 5.05. The van der Waals surface area contributed by atoms with Gasteiger partial charge >= 0.3 is 5.97 Å². The molecule has 4 nitrogen and oxygen atoms in total. The Labute approximate surface area is 91.1 Å². The fourth-order valence-corrected chi connectivity index (χ4v) is 2.16. The van der Waals surface area contributed by atoms with Crippen molar-refractivity contribution in [3.63, 3.8) is 0 Å². The first kappa shape index (κ1) is 12.5. The highest BCUT2D eigenvalue weighted by Crippen LogP contribution is 2.27. The van der Waals surface area contributed by atoms with Crippen LogP contribution in [0, 0.1) is 11.8 Å². The molecule has 1 rings (SSSR count). The zero-order chi connectivity index (χ0) is 11.3. The quantitative estimate of drug-likeness (QED) is 0.709. The van der Waals surface area contributed by atoms with Crippen LogP contribution in [-0.4, -0.2) is 32.3 Å². The zero-order valence-corrected chi connectivity index (χ0v) is 9.57. The van der Waals surface area contributed by atoms with Crippen LogP contribution in [0.25, 0.3) is 0 Å². The molecule has 1 saturated heterocycles. The Hall–Kier alpha value is -0.610. The normalized spacial score (nSPS) is 25.7. The van der Waals surface area contributed by atoms with E-state index in [1.807, 2.05) is 6.92 Å². The zero-order valence-electron chi connectivity index (χ0n) is 9.57. The fraction of sp³-hybridized carbons (Fsp3) is 0.909. The summed E-state index contributed by atoms with van der Waals surface area (Å²) in [6.07, 6.45) is 2.57. The molecule has 0 aromatic carbocycles. The predicted molar refractivity (Wildman–Crippen MR) is 57.3 cm³/mol. The van der Waals surface area contributed by atoms with Crippen molar-refractivity contribution >= 4 is 5.97 Å². The summed E-state index contributed by atoms with van der Waals surface area (Å²) in [6.45, 7) is 3.51. The van der Waals surface area contributed by atoms with Crippen LogP contribution in [0.2, 0.25) is 0 Å². The van der Waals surface area contributed by atoms with Gasteiger partial charge in [0.2, 0.25) is 0 Å². The van der Waals surface area contributed by atoms with Gasteiger partial charge in [0.1, 0.15) is 0 Å². The maximum Gasteiger partial charge on any atom is 0.305 e. The van der Waals surface area contributed by atoms with E-state index in [4.69, 9.17) is 10.5 Å². The topological polar surface area (TPSA) is 61.5 Å². The standard InChI is InChI=1S/C11H21NO3/c1-8(12)10(6-11(13)14-2)9-4-3-5-15-7-9/h8-10H,3-7,12H2,1-2H3. The Morgan fingerprint density at radius 2 is 2.40 bits per heavy atom. The Bertz CT molecular complexity index is 200. The van der Waals surface area contributed by atoms with Crippen molar-refractivity contribution < 1.29 is 14.3 Å². The number of esters is 1. The lowest BCUT2D eigenvalue weighted by Crippen LogP contribution is -2.38. The minimum Gasteiger partial charge on any atom is -0.469 e. The highest BCUT2D eigenvalue weighted by molar-refractivity contribution is 5.69. The lowest BCUT2D eigenvalue weighted by atomic mass is 9.81. The van der Waals surface area contributed by atoms with Crippen molar-refractivity contribution in [2.45, 2.75) is 32.2 Å². The lowest BCUT2D eigenvalue weighted by Gasteiger charge is -2.31. The molecule has 0 amide bonds. The monoisotopic (exact) mass is 215 g/mol. The second-order valence-corrected chi connectivity index (χ2v) is 4.28. The van der Waals surface area contributed by atoms with Crippen LogP contribution in [-0.2, 0) is 14.3 Å². The van der Waals surface area contributed by atoms with Gasteiger partial charge in [-0.3, -0.25) is 4.79 Å². The summed E-state index contributed by atoms with van der Waals surface area (Å²) in [5.41, 5.74) is 5.91. The van der Waals surface area contributed by atoms with Gasteiger partial charge in [0.25, 0.3) is 0 Å². The second kappa shape index (κ2) is 6.08. The van der Waals surface area contributed by atoms with E-state index in [0.29, 0.717) is 12.3 Å².